The van der Waals surface area contributed by atoms with Crippen LogP contribution in [0.3, 0.4) is 0 Å². The highest BCUT2D eigenvalue weighted by Crippen LogP contribution is 2.51. The fourth-order valence-electron chi connectivity index (χ4n) is 5.87. The van der Waals surface area contributed by atoms with E-state index in [1.54, 1.807) is 0 Å². The van der Waals surface area contributed by atoms with Crippen molar-refractivity contribution in [2.75, 3.05) is 6.61 Å². The summed E-state index contributed by atoms with van der Waals surface area (Å²) in [6.07, 6.45) is 4.43. The molecule has 2 aliphatic carbocycles. The molecular formula is C31H34INO4. The topological polar surface area (TPSA) is 55.8 Å². The predicted octanol–water partition coefficient (Wildman–Crippen LogP) is 7.09. The van der Waals surface area contributed by atoms with Crippen LogP contribution in [0.4, 0.5) is 0 Å². The molecule has 1 heterocycles. The van der Waals surface area contributed by atoms with Crippen LogP contribution in [0.15, 0.2) is 65.0 Å². The highest BCUT2D eigenvalue weighted by molar-refractivity contribution is 14.1. The molecule has 3 aliphatic rings. The zero-order chi connectivity index (χ0) is 26.1. The number of benzene rings is 2. The van der Waals surface area contributed by atoms with Gasteiger partial charge in [0.1, 0.15) is 0 Å². The van der Waals surface area contributed by atoms with Crippen LogP contribution in [0, 0.1) is 3.57 Å². The summed E-state index contributed by atoms with van der Waals surface area (Å²) < 4.78 is 13.1. The molecule has 6 heteroatoms. The van der Waals surface area contributed by atoms with Crippen LogP contribution < -0.4 is 9.47 Å². The number of allylic oxidation sites excluding steroid dienone is 4. The van der Waals surface area contributed by atoms with E-state index < -0.39 is 0 Å². The van der Waals surface area contributed by atoms with Crippen molar-refractivity contribution in [1.82, 2.24) is 4.90 Å². The summed E-state index contributed by atoms with van der Waals surface area (Å²) in [4.78, 5) is 29.5. The highest BCUT2D eigenvalue weighted by Gasteiger charge is 2.43. The van der Waals surface area contributed by atoms with E-state index in [0.717, 1.165) is 63.1 Å². The van der Waals surface area contributed by atoms with Gasteiger partial charge in [0, 0.05) is 47.8 Å². The minimum absolute atomic E-state index is 0.00302. The summed E-state index contributed by atoms with van der Waals surface area (Å²) in [6, 6.07) is 14.4. The Morgan fingerprint density at radius 1 is 0.946 bits per heavy atom. The van der Waals surface area contributed by atoms with Crippen LogP contribution in [-0.2, 0) is 16.1 Å². The maximum atomic E-state index is 13.6. The molecule has 0 amide bonds. The molecule has 194 valence electrons. The Hall–Kier alpha value is -2.61. The summed E-state index contributed by atoms with van der Waals surface area (Å²) in [5.74, 6) is 1.34. The Morgan fingerprint density at radius 3 is 2.14 bits per heavy atom. The number of halogens is 1. The standard InChI is InChI=1S/C31H34INO4/c1-4-36-27-17-21(16-22(32)31(27)37-19(2)3)28-29-23(12-8-14-25(29)34)33(18-20-10-6-5-7-11-20)24-13-9-15-26(35)30(24)28/h5-7,10-11,16-17,19,28H,4,8-9,12-15,18H2,1-3H3. The molecule has 0 atom stereocenters. The third kappa shape index (κ3) is 5.09. The largest absolute Gasteiger partial charge is 0.490 e. The number of hydrogen-bond acceptors (Lipinski definition) is 5. The van der Waals surface area contributed by atoms with Crippen molar-refractivity contribution in [3.8, 4) is 11.5 Å². The molecule has 0 aromatic heterocycles. The molecule has 0 fully saturated rings. The van der Waals surface area contributed by atoms with E-state index in [1.165, 1.54) is 5.56 Å². The van der Waals surface area contributed by atoms with E-state index in [9.17, 15) is 9.59 Å². The number of Topliss-reactive ketones (excluding diaryl/α,β-unsaturated/α-hetero) is 2. The van der Waals surface area contributed by atoms with E-state index in [1.807, 2.05) is 45.0 Å². The molecule has 0 saturated carbocycles. The summed E-state index contributed by atoms with van der Waals surface area (Å²) in [5, 5.41) is 0. The molecule has 0 radical (unpaired) electrons. The van der Waals surface area contributed by atoms with Gasteiger partial charge < -0.3 is 14.4 Å². The molecule has 0 bridgehead atoms. The van der Waals surface area contributed by atoms with Gasteiger partial charge in [0.2, 0.25) is 0 Å². The highest BCUT2D eigenvalue weighted by atomic mass is 127. The van der Waals surface area contributed by atoms with E-state index in [2.05, 4.69) is 45.7 Å². The van der Waals surface area contributed by atoms with Gasteiger partial charge in [0.15, 0.2) is 23.1 Å². The van der Waals surface area contributed by atoms with Gasteiger partial charge in [0.25, 0.3) is 0 Å². The number of carbonyl (C=O) groups excluding carboxylic acids is 2. The molecule has 0 N–H and O–H groups in total. The first-order valence-corrected chi connectivity index (χ1v) is 14.4. The van der Waals surface area contributed by atoms with Crippen LogP contribution in [-0.4, -0.2) is 29.2 Å². The molecule has 2 aromatic carbocycles. The van der Waals surface area contributed by atoms with Crippen molar-refractivity contribution in [1.29, 1.82) is 0 Å². The van der Waals surface area contributed by atoms with Crippen LogP contribution in [0.25, 0.3) is 0 Å². The van der Waals surface area contributed by atoms with Gasteiger partial charge in [-0.05, 0) is 92.3 Å². The van der Waals surface area contributed by atoms with Gasteiger partial charge >= 0.3 is 0 Å². The minimum atomic E-state index is -0.363. The number of hydrogen-bond donors (Lipinski definition) is 0. The van der Waals surface area contributed by atoms with Crippen LogP contribution >= 0.6 is 22.6 Å². The molecule has 1 aliphatic heterocycles. The van der Waals surface area contributed by atoms with Crippen molar-refractivity contribution < 1.29 is 19.1 Å². The Labute approximate surface area is 233 Å². The number of carbonyl (C=O) groups is 2. The number of ketones is 2. The van der Waals surface area contributed by atoms with Crippen molar-refractivity contribution in [3.05, 3.63) is 79.7 Å². The fourth-order valence-corrected chi connectivity index (χ4v) is 6.63. The third-order valence-electron chi connectivity index (χ3n) is 7.29. The van der Waals surface area contributed by atoms with Gasteiger partial charge in [-0.2, -0.15) is 0 Å². The summed E-state index contributed by atoms with van der Waals surface area (Å²) in [5.41, 5.74) is 5.90. The van der Waals surface area contributed by atoms with Gasteiger partial charge in [-0.25, -0.2) is 0 Å². The Balaban J connectivity index is 1.70. The number of ether oxygens (including phenoxy) is 2. The SMILES string of the molecule is CCOc1cc(C2C3=C(CCCC3=O)N(Cc3ccccc3)C3=C2C(=O)CCC3)cc(I)c1OC(C)C. The predicted molar refractivity (Wildman–Crippen MR) is 153 cm³/mol. The molecule has 5 nitrogen and oxygen atoms in total. The first-order chi connectivity index (χ1) is 17.9. The zero-order valence-corrected chi connectivity index (χ0v) is 24.0. The average Bonchev–Trinajstić information content (AvgIpc) is 2.87. The smallest absolute Gasteiger partial charge is 0.174 e. The maximum absolute atomic E-state index is 13.6. The molecule has 0 spiro atoms. The summed E-state index contributed by atoms with van der Waals surface area (Å²) >= 11 is 2.29. The quantitative estimate of drug-likeness (QED) is 0.313. The van der Waals surface area contributed by atoms with E-state index in [-0.39, 0.29) is 23.6 Å². The third-order valence-corrected chi connectivity index (χ3v) is 8.09. The summed E-state index contributed by atoms with van der Waals surface area (Å²) in [6.45, 7) is 7.13. The normalized spacial score (nSPS) is 18.4. The van der Waals surface area contributed by atoms with Crippen molar-refractivity contribution >= 4 is 34.2 Å². The first-order valence-electron chi connectivity index (χ1n) is 13.4. The minimum Gasteiger partial charge on any atom is -0.490 e. The van der Waals surface area contributed by atoms with E-state index >= 15 is 0 Å². The van der Waals surface area contributed by atoms with Crippen molar-refractivity contribution in [2.45, 2.75) is 77.9 Å². The second-order valence-corrected chi connectivity index (χ2v) is 11.4. The molecule has 2 aromatic rings. The molecular weight excluding hydrogens is 577 g/mol. The Bertz CT molecular complexity index is 1230. The lowest BCUT2D eigenvalue weighted by Crippen LogP contribution is -2.38. The maximum Gasteiger partial charge on any atom is 0.174 e. The molecule has 5 rings (SSSR count). The lowest BCUT2D eigenvalue weighted by atomic mass is 9.71. The molecule has 37 heavy (non-hydrogen) atoms. The first kappa shape index (κ1) is 26.0. The van der Waals surface area contributed by atoms with Gasteiger partial charge in [-0.15, -0.1) is 0 Å². The fraction of sp³-hybridized carbons (Fsp3) is 0.419. The molecule has 0 saturated heterocycles. The lowest BCUT2D eigenvalue weighted by molar-refractivity contribution is -0.117. The van der Waals surface area contributed by atoms with Crippen molar-refractivity contribution in [2.24, 2.45) is 0 Å². The Kier molecular flexibility index (Phi) is 7.75. The van der Waals surface area contributed by atoms with Crippen molar-refractivity contribution in [3.63, 3.8) is 0 Å². The summed E-state index contributed by atoms with van der Waals surface area (Å²) in [7, 11) is 0. The van der Waals surface area contributed by atoms with Crippen LogP contribution in [0.1, 0.15) is 76.3 Å². The second-order valence-electron chi connectivity index (χ2n) is 10.2. The average molecular weight is 612 g/mol. The van der Waals surface area contributed by atoms with E-state index in [0.29, 0.717) is 31.7 Å². The van der Waals surface area contributed by atoms with Gasteiger partial charge in [-0.3, -0.25) is 9.59 Å². The Morgan fingerprint density at radius 2 is 1.57 bits per heavy atom. The van der Waals surface area contributed by atoms with Crippen LogP contribution in [0.2, 0.25) is 0 Å². The van der Waals surface area contributed by atoms with E-state index in [4.69, 9.17) is 9.47 Å². The second kappa shape index (κ2) is 11.0. The monoisotopic (exact) mass is 611 g/mol. The number of nitrogens with zero attached hydrogens (tertiary/aromatic N) is 1. The van der Waals surface area contributed by atoms with Gasteiger partial charge in [0.05, 0.1) is 16.3 Å². The van der Waals surface area contributed by atoms with Gasteiger partial charge in [-0.1, -0.05) is 30.3 Å². The van der Waals surface area contributed by atoms with Crippen LogP contribution in [0.5, 0.6) is 11.5 Å². The zero-order valence-electron chi connectivity index (χ0n) is 21.8. The number of rotatable bonds is 7. The lowest BCUT2D eigenvalue weighted by Gasteiger charge is -2.44. The molecule has 0 unspecified atom stereocenters.